The summed E-state index contributed by atoms with van der Waals surface area (Å²) in [5, 5.41) is 0. The molecule has 0 spiro atoms. The number of ether oxygens (including phenoxy) is 1. The number of rotatable bonds is 6. The lowest BCUT2D eigenvalue weighted by atomic mass is 10.1. The molecule has 2 nitrogen and oxygen atoms in total. The average molecular weight is 190 g/mol. The number of Topliss-reactive ketones (excluding diaryl/α,β-unsaturated/α-hetero) is 1. The molecule has 0 aliphatic heterocycles. The van der Waals surface area contributed by atoms with E-state index in [0.717, 1.165) is 5.56 Å². The van der Waals surface area contributed by atoms with Gasteiger partial charge in [-0.3, -0.25) is 4.79 Å². The Morgan fingerprint density at radius 2 is 2.07 bits per heavy atom. The van der Waals surface area contributed by atoms with Crippen molar-refractivity contribution < 1.29 is 9.53 Å². The SMILES string of the molecule is C=CCOCC(=O)Cc1ccccc1. The van der Waals surface area contributed by atoms with E-state index in [4.69, 9.17) is 4.74 Å². The van der Waals surface area contributed by atoms with Gasteiger partial charge in [-0.2, -0.15) is 0 Å². The number of hydrogen-bond donors (Lipinski definition) is 0. The maximum absolute atomic E-state index is 11.3. The van der Waals surface area contributed by atoms with Gasteiger partial charge < -0.3 is 4.74 Å². The third-order valence-electron chi connectivity index (χ3n) is 1.74. The lowest BCUT2D eigenvalue weighted by molar-refractivity contribution is -0.122. The summed E-state index contributed by atoms with van der Waals surface area (Å²) in [4.78, 5) is 11.3. The molecule has 0 saturated carbocycles. The fourth-order valence-corrected chi connectivity index (χ4v) is 1.13. The van der Waals surface area contributed by atoms with Crippen molar-refractivity contribution in [2.45, 2.75) is 6.42 Å². The second-order valence-corrected chi connectivity index (χ2v) is 3.00. The van der Waals surface area contributed by atoms with Gasteiger partial charge in [0.05, 0.1) is 6.61 Å². The van der Waals surface area contributed by atoms with Crippen molar-refractivity contribution in [2.75, 3.05) is 13.2 Å². The quantitative estimate of drug-likeness (QED) is 0.506. The van der Waals surface area contributed by atoms with Crippen LogP contribution in [0.25, 0.3) is 0 Å². The molecular formula is C12H14O2. The zero-order chi connectivity index (χ0) is 10.2. The van der Waals surface area contributed by atoms with Gasteiger partial charge in [-0.15, -0.1) is 6.58 Å². The van der Waals surface area contributed by atoms with E-state index in [-0.39, 0.29) is 12.4 Å². The molecule has 0 heterocycles. The van der Waals surface area contributed by atoms with Gasteiger partial charge in [-0.25, -0.2) is 0 Å². The summed E-state index contributed by atoms with van der Waals surface area (Å²) in [6, 6.07) is 9.65. The Hall–Kier alpha value is -1.41. The van der Waals surface area contributed by atoms with Crippen LogP contribution in [-0.4, -0.2) is 19.0 Å². The van der Waals surface area contributed by atoms with Gasteiger partial charge in [0.1, 0.15) is 6.61 Å². The number of hydrogen-bond acceptors (Lipinski definition) is 2. The van der Waals surface area contributed by atoms with Gasteiger partial charge in [-0.1, -0.05) is 36.4 Å². The largest absolute Gasteiger partial charge is 0.370 e. The summed E-state index contributed by atoms with van der Waals surface area (Å²) < 4.78 is 5.05. The van der Waals surface area contributed by atoms with Crippen LogP contribution in [0.15, 0.2) is 43.0 Å². The fourth-order valence-electron chi connectivity index (χ4n) is 1.13. The van der Waals surface area contributed by atoms with Gasteiger partial charge in [0.25, 0.3) is 0 Å². The summed E-state index contributed by atoms with van der Waals surface area (Å²) >= 11 is 0. The normalized spacial score (nSPS) is 9.71. The van der Waals surface area contributed by atoms with Crippen molar-refractivity contribution in [3.05, 3.63) is 48.6 Å². The van der Waals surface area contributed by atoms with E-state index in [2.05, 4.69) is 6.58 Å². The van der Waals surface area contributed by atoms with Gasteiger partial charge in [0, 0.05) is 6.42 Å². The van der Waals surface area contributed by atoms with E-state index in [9.17, 15) is 4.79 Å². The lowest BCUT2D eigenvalue weighted by Crippen LogP contribution is -2.11. The maximum Gasteiger partial charge on any atom is 0.162 e. The maximum atomic E-state index is 11.3. The van der Waals surface area contributed by atoms with Crippen LogP contribution in [-0.2, 0) is 16.0 Å². The number of benzene rings is 1. The average Bonchev–Trinajstić information content (AvgIpc) is 2.20. The molecule has 74 valence electrons. The zero-order valence-electron chi connectivity index (χ0n) is 8.11. The smallest absolute Gasteiger partial charge is 0.162 e. The van der Waals surface area contributed by atoms with Crippen molar-refractivity contribution in [1.82, 2.24) is 0 Å². The van der Waals surface area contributed by atoms with Crippen LogP contribution in [0.3, 0.4) is 0 Å². The molecule has 0 bridgehead atoms. The van der Waals surface area contributed by atoms with Crippen molar-refractivity contribution in [3.63, 3.8) is 0 Å². The van der Waals surface area contributed by atoms with E-state index < -0.39 is 0 Å². The van der Waals surface area contributed by atoms with Crippen molar-refractivity contribution in [2.24, 2.45) is 0 Å². The Bertz CT molecular complexity index is 290. The molecule has 1 rings (SSSR count). The van der Waals surface area contributed by atoms with Gasteiger partial charge >= 0.3 is 0 Å². The highest BCUT2D eigenvalue weighted by molar-refractivity contribution is 5.82. The second-order valence-electron chi connectivity index (χ2n) is 3.00. The lowest BCUT2D eigenvalue weighted by Gasteiger charge is -2.00. The fraction of sp³-hybridized carbons (Fsp3) is 0.250. The molecule has 0 aliphatic rings. The standard InChI is InChI=1S/C12H14O2/c1-2-8-14-10-12(13)9-11-6-4-3-5-7-11/h2-7H,1,8-10H2. The van der Waals surface area contributed by atoms with Crippen LogP contribution in [0, 0.1) is 0 Å². The first-order chi connectivity index (χ1) is 6.83. The molecular weight excluding hydrogens is 176 g/mol. The summed E-state index contributed by atoms with van der Waals surface area (Å²) in [5.74, 6) is 0.0954. The summed E-state index contributed by atoms with van der Waals surface area (Å²) in [7, 11) is 0. The molecule has 0 radical (unpaired) electrons. The van der Waals surface area contributed by atoms with E-state index in [1.54, 1.807) is 6.08 Å². The number of carbonyl (C=O) groups is 1. The van der Waals surface area contributed by atoms with Crippen LogP contribution in [0.1, 0.15) is 5.56 Å². The van der Waals surface area contributed by atoms with E-state index in [1.807, 2.05) is 30.3 Å². The van der Waals surface area contributed by atoms with Crippen LogP contribution < -0.4 is 0 Å². The first-order valence-corrected chi connectivity index (χ1v) is 4.57. The van der Waals surface area contributed by atoms with Crippen molar-refractivity contribution in [1.29, 1.82) is 0 Å². The first kappa shape index (κ1) is 10.7. The summed E-state index contributed by atoms with van der Waals surface area (Å²) in [6.45, 7) is 4.10. The molecule has 1 aromatic rings. The van der Waals surface area contributed by atoms with E-state index >= 15 is 0 Å². The Kier molecular flexibility index (Phi) is 4.65. The molecule has 2 heteroatoms. The zero-order valence-corrected chi connectivity index (χ0v) is 8.11. The minimum Gasteiger partial charge on any atom is -0.370 e. The third-order valence-corrected chi connectivity index (χ3v) is 1.74. The molecule has 0 N–H and O–H groups in total. The molecule has 0 saturated heterocycles. The van der Waals surface area contributed by atoms with E-state index in [1.165, 1.54) is 0 Å². The molecule has 14 heavy (non-hydrogen) atoms. The van der Waals surface area contributed by atoms with Crippen molar-refractivity contribution in [3.8, 4) is 0 Å². The summed E-state index contributed by atoms with van der Waals surface area (Å²) in [5.41, 5.74) is 1.03. The highest BCUT2D eigenvalue weighted by Crippen LogP contribution is 2.00. The summed E-state index contributed by atoms with van der Waals surface area (Å²) in [6.07, 6.45) is 2.08. The van der Waals surface area contributed by atoms with Crippen LogP contribution in [0.2, 0.25) is 0 Å². The predicted octanol–water partition coefficient (Wildman–Crippen LogP) is 2.00. The topological polar surface area (TPSA) is 26.3 Å². The second kappa shape index (κ2) is 6.11. The number of ketones is 1. The van der Waals surface area contributed by atoms with Crippen LogP contribution in [0.5, 0.6) is 0 Å². The van der Waals surface area contributed by atoms with Crippen LogP contribution >= 0.6 is 0 Å². The minimum atomic E-state index is 0.0954. The first-order valence-electron chi connectivity index (χ1n) is 4.57. The Labute approximate surface area is 84.2 Å². The third kappa shape index (κ3) is 4.01. The molecule has 0 aromatic heterocycles. The molecule has 0 unspecified atom stereocenters. The van der Waals surface area contributed by atoms with Crippen molar-refractivity contribution >= 4 is 5.78 Å². The predicted molar refractivity (Wildman–Crippen MR) is 56.2 cm³/mol. The van der Waals surface area contributed by atoms with Gasteiger partial charge in [0.2, 0.25) is 0 Å². The molecule has 0 amide bonds. The number of carbonyl (C=O) groups excluding carboxylic acids is 1. The van der Waals surface area contributed by atoms with Gasteiger partial charge in [0.15, 0.2) is 5.78 Å². The monoisotopic (exact) mass is 190 g/mol. The Balaban J connectivity index is 2.31. The highest BCUT2D eigenvalue weighted by atomic mass is 16.5. The minimum absolute atomic E-state index is 0.0954. The molecule has 1 aromatic carbocycles. The van der Waals surface area contributed by atoms with Crippen LogP contribution in [0.4, 0.5) is 0 Å². The Morgan fingerprint density at radius 1 is 1.36 bits per heavy atom. The van der Waals surface area contributed by atoms with E-state index in [0.29, 0.717) is 13.0 Å². The van der Waals surface area contributed by atoms with Gasteiger partial charge in [-0.05, 0) is 5.56 Å². The molecule has 0 fully saturated rings. The molecule has 0 aliphatic carbocycles. The highest BCUT2D eigenvalue weighted by Gasteiger charge is 2.02. The Morgan fingerprint density at radius 3 is 2.71 bits per heavy atom. The molecule has 0 atom stereocenters.